The lowest BCUT2D eigenvalue weighted by molar-refractivity contribution is -0.136. The second-order valence-electron chi connectivity index (χ2n) is 8.88. The van der Waals surface area contributed by atoms with Crippen molar-refractivity contribution in [1.29, 1.82) is 0 Å². The van der Waals surface area contributed by atoms with Crippen LogP contribution in [0.5, 0.6) is 0 Å². The predicted molar refractivity (Wildman–Crippen MR) is 109 cm³/mol. The fourth-order valence-corrected chi connectivity index (χ4v) is 5.00. The maximum absolute atomic E-state index is 13.0. The molecule has 0 radical (unpaired) electrons. The topological polar surface area (TPSA) is 95.7 Å². The van der Waals surface area contributed by atoms with Crippen molar-refractivity contribution in [2.24, 2.45) is 17.6 Å². The van der Waals surface area contributed by atoms with Crippen molar-refractivity contribution in [2.75, 3.05) is 13.1 Å². The molecule has 1 aromatic carbocycles. The van der Waals surface area contributed by atoms with Crippen molar-refractivity contribution in [1.82, 2.24) is 15.1 Å². The molecule has 7 heteroatoms. The van der Waals surface area contributed by atoms with E-state index in [9.17, 15) is 14.4 Å². The number of hydrogen-bond acceptors (Lipinski definition) is 5. The van der Waals surface area contributed by atoms with Crippen LogP contribution in [0.25, 0.3) is 0 Å². The summed E-state index contributed by atoms with van der Waals surface area (Å²) in [6, 6.07) is 5.99. The van der Waals surface area contributed by atoms with E-state index in [0.29, 0.717) is 43.0 Å². The quantitative estimate of drug-likeness (QED) is 0.745. The van der Waals surface area contributed by atoms with Crippen LogP contribution in [0.3, 0.4) is 0 Å². The largest absolute Gasteiger partial charge is 0.330 e. The lowest BCUT2D eigenvalue weighted by atomic mass is 9.83. The summed E-state index contributed by atoms with van der Waals surface area (Å²) in [5, 5.41) is 2.35. The monoisotopic (exact) mass is 398 g/mol. The van der Waals surface area contributed by atoms with Crippen LogP contribution < -0.4 is 11.1 Å². The van der Waals surface area contributed by atoms with Crippen LogP contribution in [0, 0.1) is 11.8 Å². The highest BCUT2D eigenvalue weighted by Crippen LogP contribution is 2.31. The average Bonchev–Trinajstić information content (AvgIpc) is 3.00. The number of carbonyl (C=O) groups excluding carboxylic acids is 3. The lowest BCUT2D eigenvalue weighted by Crippen LogP contribution is -2.52. The molecule has 0 aromatic heterocycles. The van der Waals surface area contributed by atoms with E-state index in [0.717, 1.165) is 30.6 Å². The fourth-order valence-electron chi connectivity index (χ4n) is 5.00. The van der Waals surface area contributed by atoms with Gasteiger partial charge in [0.15, 0.2) is 0 Å². The van der Waals surface area contributed by atoms with E-state index >= 15 is 0 Å². The number of nitrogens with zero attached hydrogens (tertiary/aromatic N) is 2. The number of rotatable bonds is 4. The van der Waals surface area contributed by atoms with Crippen molar-refractivity contribution in [3.05, 3.63) is 34.9 Å². The van der Waals surface area contributed by atoms with Gasteiger partial charge in [0.1, 0.15) is 6.04 Å². The summed E-state index contributed by atoms with van der Waals surface area (Å²) in [4.78, 5) is 40.7. The van der Waals surface area contributed by atoms with Gasteiger partial charge in [0, 0.05) is 37.7 Å². The maximum atomic E-state index is 13.0. The van der Waals surface area contributed by atoms with Gasteiger partial charge < -0.3 is 10.6 Å². The second-order valence-corrected chi connectivity index (χ2v) is 8.88. The summed E-state index contributed by atoms with van der Waals surface area (Å²) in [6.45, 7) is 7.44. The minimum Gasteiger partial charge on any atom is -0.330 e. The Balaban J connectivity index is 1.48. The molecule has 1 aromatic rings. The van der Waals surface area contributed by atoms with Crippen LogP contribution in [-0.2, 0) is 22.7 Å². The molecule has 3 aliphatic rings. The van der Waals surface area contributed by atoms with Crippen molar-refractivity contribution in [2.45, 2.75) is 58.3 Å². The van der Waals surface area contributed by atoms with E-state index in [-0.39, 0.29) is 24.1 Å². The molecule has 29 heavy (non-hydrogen) atoms. The average molecular weight is 399 g/mol. The fraction of sp³-hybridized carbons (Fsp3) is 0.591. The Bertz CT molecular complexity index is 839. The summed E-state index contributed by atoms with van der Waals surface area (Å²) in [5.41, 5.74) is 8.70. The number of imide groups is 1. The molecular weight excluding hydrogens is 368 g/mol. The van der Waals surface area contributed by atoms with Gasteiger partial charge in [-0.05, 0) is 55.3 Å². The third-order valence-corrected chi connectivity index (χ3v) is 6.89. The van der Waals surface area contributed by atoms with Crippen molar-refractivity contribution in [3.63, 3.8) is 0 Å². The number of benzene rings is 1. The lowest BCUT2D eigenvalue weighted by Gasteiger charge is -2.41. The molecule has 3 aliphatic heterocycles. The molecule has 2 fully saturated rings. The van der Waals surface area contributed by atoms with Crippen molar-refractivity contribution in [3.8, 4) is 0 Å². The molecule has 156 valence electrons. The van der Waals surface area contributed by atoms with Crippen LogP contribution in [-0.4, -0.2) is 52.7 Å². The normalized spacial score (nSPS) is 30.4. The highest BCUT2D eigenvalue weighted by Gasteiger charge is 2.39. The van der Waals surface area contributed by atoms with Gasteiger partial charge in [-0.2, -0.15) is 0 Å². The molecule has 3 N–H and O–H groups in total. The Morgan fingerprint density at radius 2 is 2.00 bits per heavy atom. The molecule has 2 saturated heterocycles. The van der Waals surface area contributed by atoms with Gasteiger partial charge in [-0.25, -0.2) is 0 Å². The molecule has 4 atom stereocenters. The molecule has 0 saturated carbocycles. The van der Waals surface area contributed by atoms with Crippen molar-refractivity contribution >= 4 is 17.7 Å². The van der Waals surface area contributed by atoms with Gasteiger partial charge >= 0.3 is 0 Å². The number of nitrogens with two attached hydrogens (primary N) is 1. The Kier molecular flexibility index (Phi) is 5.44. The summed E-state index contributed by atoms with van der Waals surface area (Å²) < 4.78 is 0. The number of piperidine rings is 2. The first-order chi connectivity index (χ1) is 13.9. The third kappa shape index (κ3) is 3.81. The highest BCUT2D eigenvalue weighted by atomic mass is 16.2. The molecule has 7 nitrogen and oxygen atoms in total. The van der Waals surface area contributed by atoms with Crippen LogP contribution in [0.4, 0.5) is 0 Å². The zero-order valence-corrected chi connectivity index (χ0v) is 17.2. The number of amides is 3. The summed E-state index contributed by atoms with van der Waals surface area (Å²) in [6.07, 6.45) is 1.80. The van der Waals surface area contributed by atoms with E-state index in [1.807, 2.05) is 12.1 Å². The first kappa shape index (κ1) is 20.0. The minimum atomic E-state index is -0.565. The summed E-state index contributed by atoms with van der Waals surface area (Å²) >= 11 is 0. The second kappa shape index (κ2) is 7.88. The van der Waals surface area contributed by atoms with Crippen molar-refractivity contribution < 1.29 is 14.4 Å². The van der Waals surface area contributed by atoms with Crippen LogP contribution in [0.1, 0.15) is 54.6 Å². The summed E-state index contributed by atoms with van der Waals surface area (Å²) in [7, 11) is 0. The van der Waals surface area contributed by atoms with Gasteiger partial charge in [0.2, 0.25) is 11.8 Å². The number of hydrogen-bond donors (Lipinski definition) is 2. The third-order valence-electron chi connectivity index (χ3n) is 6.89. The first-order valence-electron chi connectivity index (χ1n) is 10.6. The van der Waals surface area contributed by atoms with Crippen LogP contribution in [0.2, 0.25) is 0 Å². The molecule has 4 unspecified atom stereocenters. The smallest absolute Gasteiger partial charge is 0.255 e. The molecule has 4 rings (SSSR count). The number of nitrogens with one attached hydrogen (secondary N) is 1. The van der Waals surface area contributed by atoms with Gasteiger partial charge in [-0.15, -0.1) is 0 Å². The van der Waals surface area contributed by atoms with Crippen LogP contribution >= 0.6 is 0 Å². The molecular formula is C22H30N4O3. The van der Waals surface area contributed by atoms with E-state index in [4.69, 9.17) is 5.73 Å². The zero-order chi connectivity index (χ0) is 20.7. The van der Waals surface area contributed by atoms with Gasteiger partial charge in [0.25, 0.3) is 5.91 Å². The Morgan fingerprint density at radius 3 is 2.72 bits per heavy atom. The molecule has 3 heterocycles. The van der Waals surface area contributed by atoms with Gasteiger partial charge in [0.05, 0.1) is 0 Å². The number of fused-ring (bicyclic) bond motifs is 1. The van der Waals surface area contributed by atoms with Crippen LogP contribution in [0.15, 0.2) is 18.2 Å². The molecule has 3 amide bonds. The van der Waals surface area contributed by atoms with Gasteiger partial charge in [-0.3, -0.25) is 24.6 Å². The number of carbonyl (C=O) groups is 3. The Labute approximate surface area is 171 Å². The predicted octanol–water partition coefficient (Wildman–Crippen LogP) is 1.25. The minimum absolute atomic E-state index is 0.114. The molecule has 0 bridgehead atoms. The SMILES string of the molecule is CC1CC(C)N(Cc2ccc3c(c2)C(=O)N(C2CCC(=O)NC2=O)C3)CC1CN. The van der Waals surface area contributed by atoms with E-state index in [1.54, 1.807) is 4.90 Å². The highest BCUT2D eigenvalue weighted by molar-refractivity contribution is 6.05. The Hall–Kier alpha value is -2.25. The maximum Gasteiger partial charge on any atom is 0.255 e. The standard InChI is InChI=1S/C22H30N4O3/c1-13-7-14(2)25(11-17(13)9-23)10-15-3-4-16-12-26(22(29)18(16)8-15)19-5-6-20(27)24-21(19)28/h3-4,8,13-14,17,19H,5-7,9-12,23H2,1-2H3,(H,24,27,28). The number of likely N-dealkylation sites (tertiary alicyclic amines) is 1. The van der Waals surface area contributed by atoms with E-state index < -0.39 is 6.04 Å². The summed E-state index contributed by atoms with van der Waals surface area (Å²) in [5.74, 6) is 0.391. The Morgan fingerprint density at radius 1 is 1.21 bits per heavy atom. The molecule has 0 spiro atoms. The first-order valence-corrected chi connectivity index (χ1v) is 10.6. The van der Waals surface area contributed by atoms with Gasteiger partial charge in [-0.1, -0.05) is 19.1 Å². The van der Waals surface area contributed by atoms with E-state index in [1.165, 1.54) is 0 Å². The zero-order valence-electron chi connectivity index (χ0n) is 17.2. The molecule has 0 aliphatic carbocycles. The van der Waals surface area contributed by atoms with E-state index in [2.05, 4.69) is 30.1 Å².